The minimum atomic E-state index is 0.594. The third-order valence-electron chi connectivity index (χ3n) is 3.53. The lowest BCUT2D eigenvalue weighted by atomic mass is 10.1. The number of hydrogen-bond donors (Lipinski definition) is 1. The summed E-state index contributed by atoms with van der Waals surface area (Å²) >= 11 is 0. The molecule has 1 saturated heterocycles. The van der Waals surface area contributed by atoms with Crippen LogP contribution in [0.15, 0.2) is 18.3 Å². The lowest BCUT2D eigenvalue weighted by Gasteiger charge is -2.24. The molecule has 0 atom stereocenters. The molecule has 1 aliphatic rings. The molecule has 0 aliphatic carbocycles. The van der Waals surface area contributed by atoms with E-state index in [0.717, 1.165) is 12.2 Å². The van der Waals surface area contributed by atoms with E-state index in [4.69, 9.17) is 5.73 Å². The smallest absolute Gasteiger partial charge is 0.0588 e. The third-order valence-corrected chi connectivity index (χ3v) is 3.53. The molecule has 17 heavy (non-hydrogen) atoms. The number of likely N-dealkylation sites (tertiary alicyclic amines) is 1. The minimum Gasteiger partial charge on any atom is -0.326 e. The second-order valence-electron chi connectivity index (χ2n) is 4.86. The van der Waals surface area contributed by atoms with Gasteiger partial charge in [0.1, 0.15) is 0 Å². The average molecular weight is 233 g/mol. The van der Waals surface area contributed by atoms with Crippen LogP contribution in [0.2, 0.25) is 0 Å². The van der Waals surface area contributed by atoms with Crippen molar-refractivity contribution in [1.29, 1.82) is 0 Å². The summed E-state index contributed by atoms with van der Waals surface area (Å²) in [4.78, 5) is 7.00. The van der Waals surface area contributed by atoms with Gasteiger partial charge in [-0.1, -0.05) is 25.3 Å². The van der Waals surface area contributed by atoms with E-state index in [9.17, 15) is 0 Å². The zero-order valence-electron chi connectivity index (χ0n) is 10.6. The largest absolute Gasteiger partial charge is 0.326 e. The van der Waals surface area contributed by atoms with Gasteiger partial charge in [0.15, 0.2) is 0 Å². The summed E-state index contributed by atoms with van der Waals surface area (Å²) < 4.78 is 0. The van der Waals surface area contributed by atoms with Crippen LogP contribution >= 0.6 is 0 Å². The van der Waals surface area contributed by atoms with Crippen LogP contribution in [0.3, 0.4) is 0 Å². The molecule has 0 radical (unpaired) electrons. The van der Waals surface area contributed by atoms with E-state index in [0.29, 0.717) is 6.54 Å². The molecule has 0 amide bonds. The average Bonchev–Trinajstić information content (AvgIpc) is 2.33. The molecular weight excluding hydrogens is 210 g/mol. The van der Waals surface area contributed by atoms with Gasteiger partial charge in [0.05, 0.1) is 5.69 Å². The highest BCUT2D eigenvalue weighted by Gasteiger charge is 2.11. The molecular formula is C14H23N3. The molecule has 0 spiro atoms. The molecule has 3 heteroatoms. The normalized spacial score (nSPS) is 18.6. The summed E-state index contributed by atoms with van der Waals surface area (Å²) in [6, 6.07) is 4.06. The van der Waals surface area contributed by atoms with E-state index in [-0.39, 0.29) is 0 Å². The molecule has 3 nitrogen and oxygen atoms in total. The molecule has 1 fully saturated rings. The van der Waals surface area contributed by atoms with Gasteiger partial charge in [-0.3, -0.25) is 9.88 Å². The first-order chi connectivity index (χ1) is 8.40. The third kappa shape index (κ3) is 3.79. The summed E-state index contributed by atoms with van der Waals surface area (Å²) in [5, 5.41) is 0. The van der Waals surface area contributed by atoms with E-state index >= 15 is 0 Å². The van der Waals surface area contributed by atoms with Crippen LogP contribution in [0.5, 0.6) is 0 Å². The SMILES string of the molecule is NCc1cccnc1CN1CCCCCCC1. The zero-order valence-corrected chi connectivity index (χ0v) is 10.6. The summed E-state index contributed by atoms with van der Waals surface area (Å²) in [5.41, 5.74) is 8.11. The number of nitrogens with zero attached hydrogens (tertiary/aromatic N) is 2. The van der Waals surface area contributed by atoms with Crippen molar-refractivity contribution in [3.05, 3.63) is 29.6 Å². The van der Waals surface area contributed by atoms with E-state index in [1.807, 2.05) is 12.3 Å². The standard InChI is InChI=1S/C14H23N3/c15-11-13-7-6-8-16-14(13)12-17-9-4-2-1-3-5-10-17/h6-8H,1-5,9-12,15H2. The number of aromatic nitrogens is 1. The Hall–Kier alpha value is -0.930. The van der Waals surface area contributed by atoms with Crippen LogP contribution in [0, 0.1) is 0 Å². The van der Waals surface area contributed by atoms with Crippen LogP contribution in [0.1, 0.15) is 43.4 Å². The number of rotatable bonds is 3. The second-order valence-corrected chi connectivity index (χ2v) is 4.86. The molecule has 2 rings (SSSR count). The van der Waals surface area contributed by atoms with Gasteiger partial charge in [-0.05, 0) is 37.6 Å². The maximum atomic E-state index is 5.75. The van der Waals surface area contributed by atoms with Crippen LogP contribution in [-0.4, -0.2) is 23.0 Å². The van der Waals surface area contributed by atoms with Gasteiger partial charge in [-0.25, -0.2) is 0 Å². The fraction of sp³-hybridized carbons (Fsp3) is 0.643. The Morgan fingerprint density at radius 2 is 1.82 bits per heavy atom. The fourth-order valence-electron chi connectivity index (χ4n) is 2.48. The van der Waals surface area contributed by atoms with Gasteiger partial charge in [-0.15, -0.1) is 0 Å². The molecule has 0 aromatic carbocycles. The minimum absolute atomic E-state index is 0.594. The van der Waals surface area contributed by atoms with E-state index in [1.165, 1.54) is 50.8 Å². The van der Waals surface area contributed by atoms with Crippen LogP contribution < -0.4 is 5.73 Å². The number of hydrogen-bond acceptors (Lipinski definition) is 3. The molecule has 2 N–H and O–H groups in total. The number of nitrogens with two attached hydrogens (primary N) is 1. The topological polar surface area (TPSA) is 42.1 Å². The Labute approximate surface area is 104 Å². The van der Waals surface area contributed by atoms with E-state index in [2.05, 4.69) is 16.0 Å². The van der Waals surface area contributed by atoms with Crippen molar-refractivity contribution in [2.75, 3.05) is 13.1 Å². The van der Waals surface area contributed by atoms with Gasteiger partial charge >= 0.3 is 0 Å². The highest BCUT2D eigenvalue weighted by molar-refractivity contribution is 5.19. The first-order valence-electron chi connectivity index (χ1n) is 6.75. The van der Waals surface area contributed by atoms with Gasteiger partial charge in [-0.2, -0.15) is 0 Å². The Morgan fingerprint density at radius 3 is 2.53 bits per heavy atom. The maximum Gasteiger partial charge on any atom is 0.0588 e. The Kier molecular flexibility index (Phi) is 4.95. The first kappa shape index (κ1) is 12.5. The maximum absolute atomic E-state index is 5.75. The van der Waals surface area contributed by atoms with E-state index < -0.39 is 0 Å². The number of pyridine rings is 1. The predicted molar refractivity (Wildman–Crippen MR) is 70.5 cm³/mol. The highest BCUT2D eigenvalue weighted by atomic mass is 15.1. The quantitative estimate of drug-likeness (QED) is 0.871. The lowest BCUT2D eigenvalue weighted by molar-refractivity contribution is 0.236. The first-order valence-corrected chi connectivity index (χ1v) is 6.75. The van der Waals surface area contributed by atoms with E-state index in [1.54, 1.807) is 0 Å². The molecule has 0 unspecified atom stereocenters. The Morgan fingerprint density at radius 1 is 1.12 bits per heavy atom. The highest BCUT2D eigenvalue weighted by Crippen LogP contribution is 2.14. The predicted octanol–water partition coefficient (Wildman–Crippen LogP) is 2.31. The van der Waals surface area contributed by atoms with Crippen molar-refractivity contribution in [1.82, 2.24) is 9.88 Å². The van der Waals surface area contributed by atoms with Crippen LogP contribution in [0.4, 0.5) is 0 Å². The second kappa shape index (κ2) is 6.72. The molecule has 1 aromatic rings. The molecule has 0 saturated carbocycles. The molecule has 1 aromatic heterocycles. The summed E-state index contributed by atoms with van der Waals surface area (Å²) in [6.45, 7) is 3.98. The zero-order chi connectivity index (χ0) is 11.9. The van der Waals surface area contributed by atoms with Gasteiger partial charge < -0.3 is 5.73 Å². The van der Waals surface area contributed by atoms with Gasteiger partial charge in [0.2, 0.25) is 0 Å². The van der Waals surface area contributed by atoms with Crippen molar-refractivity contribution < 1.29 is 0 Å². The molecule has 0 bridgehead atoms. The van der Waals surface area contributed by atoms with Gasteiger partial charge in [0, 0.05) is 19.3 Å². The lowest BCUT2D eigenvalue weighted by Crippen LogP contribution is -2.28. The molecule has 2 heterocycles. The summed E-state index contributed by atoms with van der Waals surface area (Å²) in [6.07, 6.45) is 8.69. The van der Waals surface area contributed by atoms with Crippen molar-refractivity contribution >= 4 is 0 Å². The van der Waals surface area contributed by atoms with Crippen LogP contribution in [0.25, 0.3) is 0 Å². The Bertz CT molecular complexity index is 330. The van der Waals surface area contributed by atoms with Crippen molar-refractivity contribution in [3.8, 4) is 0 Å². The monoisotopic (exact) mass is 233 g/mol. The summed E-state index contributed by atoms with van der Waals surface area (Å²) in [7, 11) is 0. The van der Waals surface area contributed by atoms with Gasteiger partial charge in [0.25, 0.3) is 0 Å². The molecule has 94 valence electrons. The van der Waals surface area contributed by atoms with Crippen molar-refractivity contribution in [2.45, 2.75) is 45.2 Å². The van der Waals surface area contributed by atoms with Crippen molar-refractivity contribution in [3.63, 3.8) is 0 Å². The summed E-state index contributed by atoms with van der Waals surface area (Å²) in [5.74, 6) is 0. The molecule has 1 aliphatic heterocycles. The Balaban J connectivity index is 1.97. The van der Waals surface area contributed by atoms with Crippen molar-refractivity contribution in [2.24, 2.45) is 5.73 Å². The fourth-order valence-corrected chi connectivity index (χ4v) is 2.48. The van der Waals surface area contributed by atoms with Crippen LogP contribution in [-0.2, 0) is 13.1 Å².